The molecule has 0 amide bonds. The summed E-state index contributed by atoms with van der Waals surface area (Å²) < 4.78 is 27.2. The highest BCUT2D eigenvalue weighted by Crippen LogP contribution is 2.34. The van der Waals surface area contributed by atoms with Gasteiger partial charge in [-0.15, -0.1) is 0 Å². The Morgan fingerprint density at radius 2 is 2.00 bits per heavy atom. The third kappa shape index (κ3) is 3.57. The van der Waals surface area contributed by atoms with E-state index in [-0.39, 0.29) is 0 Å². The minimum absolute atomic E-state index is 0.407. The fraction of sp³-hybridized carbons (Fsp3) is 0.647. The van der Waals surface area contributed by atoms with E-state index in [0.29, 0.717) is 23.9 Å². The molecule has 1 aromatic carbocycles. The average Bonchev–Trinajstić information content (AvgIpc) is 2.46. The van der Waals surface area contributed by atoms with Crippen LogP contribution in [-0.2, 0) is 6.42 Å². The van der Waals surface area contributed by atoms with Gasteiger partial charge in [-0.1, -0.05) is 32.4 Å². The second-order valence-electron chi connectivity index (χ2n) is 5.93. The van der Waals surface area contributed by atoms with E-state index < -0.39 is 11.6 Å². The number of rotatable bonds is 5. The lowest BCUT2D eigenvalue weighted by atomic mass is 9.74. The zero-order valence-corrected chi connectivity index (χ0v) is 12.5. The summed E-state index contributed by atoms with van der Waals surface area (Å²) in [5.41, 5.74) is 0.523. The van der Waals surface area contributed by atoms with Gasteiger partial charge >= 0.3 is 0 Å². The Balaban J connectivity index is 2.12. The van der Waals surface area contributed by atoms with E-state index in [2.05, 4.69) is 19.2 Å². The van der Waals surface area contributed by atoms with E-state index in [4.69, 9.17) is 0 Å². The van der Waals surface area contributed by atoms with Crippen LogP contribution in [0.15, 0.2) is 18.2 Å². The molecular weight excluding hydrogens is 256 g/mol. The molecule has 3 atom stereocenters. The molecule has 0 bridgehead atoms. The van der Waals surface area contributed by atoms with E-state index >= 15 is 0 Å². The largest absolute Gasteiger partial charge is 0.314 e. The third-order valence-corrected chi connectivity index (χ3v) is 4.65. The summed E-state index contributed by atoms with van der Waals surface area (Å²) in [6, 6.07) is 4.95. The van der Waals surface area contributed by atoms with Crippen LogP contribution in [0, 0.1) is 23.5 Å². The van der Waals surface area contributed by atoms with Crippen molar-refractivity contribution in [3.8, 4) is 0 Å². The number of halogens is 2. The van der Waals surface area contributed by atoms with Crippen molar-refractivity contribution in [1.82, 2.24) is 5.32 Å². The minimum Gasteiger partial charge on any atom is -0.314 e. The topological polar surface area (TPSA) is 12.0 Å². The molecule has 1 aliphatic rings. The van der Waals surface area contributed by atoms with Gasteiger partial charge in [0.1, 0.15) is 0 Å². The molecule has 1 aliphatic carbocycles. The smallest absolute Gasteiger partial charge is 0.162 e. The first-order valence-corrected chi connectivity index (χ1v) is 7.81. The zero-order chi connectivity index (χ0) is 14.5. The minimum atomic E-state index is -0.731. The van der Waals surface area contributed by atoms with Gasteiger partial charge in [-0.25, -0.2) is 8.78 Å². The number of nitrogens with one attached hydrogen (secondary N) is 1. The molecule has 1 saturated carbocycles. The maximum atomic E-state index is 13.9. The Morgan fingerprint density at radius 1 is 1.20 bits per heavy atom. The molecule has 0 saturated heterocycles. The summed E-state index contributed by atoms with van der Waals surface area (Å²) in [5, 5.41) is 3.52. The molecule has 1 nitrogen and oxygen atoms in total. The number of hydrogen-bond donors (Lipinski definition) is 1. The summed E-state index contributed by atoms with van der Waals surface area (Å²) in [6.07, 6.45) is 5.33. The Morgan fingerprint density at radius 3 is 2.70 bits per heavy atom. The third-order valence-electron chi connectivity index (χ3n) is 4.65. The Labute approximate surface area is 120 Å². The second kappa shape index (κ2) is 7.16. The normalized spacial score (nSPS) is 26.7. The second-order valence-corrected chi connectivity index (χ2v) is 5.93. The van der Waals surface area contributed by atoms with E-state index in [1.165, 1.54) is 18.9 Å². The van der Waals surface area contributed by atoms with Crippen LogP contribution in [0.5, 0.6) is 0 Å². The first-order chi connectivity index (χ1) is 9.65. The van der Waals surface area contributed by atoms with Crippen LogP contribution in [-0.4, -0.2) is 12.6 Å². The van der Waals surface area contributed by atoms with Gasteiger partial charge in [0.25, 0.3) is 0 Å². The molecule has 3 unspecified atom stereocenters. The highest BCUT2D eigenvalue weighted by Gasteiger charge is 2.30. The van der Waals surface area contributed by atoms with Gasteiger partial charge in [-0.3, -0.25) is 0 Å². The van der Waals surface area contributed by atoms with Crippen molar-refractivity contribution in [2.45, 2.75) is 52.0 Å². The van der Waals surface area contributed by atoms with Gasteiger partial charge in [0.15, 0.2) is 11.6 Å². The van der Waals surface area contributed by atoms with Crippen LogP contribution < -0.4 is 5.32 Å². The van der Waals surface area contributed by atoms with E-state index in [9.17, 15) is 8.78 Å². The maximum Gasteiger partial charge on any atom is 0.162 e. The average molecular weight is 281 g/mol. The molecule has 20 heavy (non-hydrogen) atoms. The Hall–Kier alpha value is -0.960. The summed E-state index contributed by atoms with van der Waals surface area (Å²) in [7, 11) is 0. The molecule has 1 fully saturated rings. The molecule has 3 heteroatoms. The fourth-order valence-electron chi connectivity index (χ4n) is 3.48. The molecule has 1 aromatic rings. The van der Waals surface area contributed by atoms with Crippen molar-refractivity contribution in [3.05, 3.63) is 35.4 Å². The Kier molecular flexibility index (Phi) is 5.53. The molecule has 0 radical (unpaired) electrons. The molecular formula is C17H25F2N. The van der Waals surface area contributed by atoms with Gasteiger partial charge < -0.3 is 5.32 Å². The zero-order valence-electron chi connectivity index (χ0n) is 12.5. The number of benzene rings is 1. The van der Waals surface area contributed by atoms with Gasteiger partial charge in [-0.05, 0) is 55.7 Å². The van der Waals surface area contributed by atoms with E-state index in [0.717, 1.165) is 25.3 Å². The van der Waals surface area contributed by atoms with Crippen molar-refractivity contribution in [2.75, 3.05) is 6.54 Å². The molecule has 0 heterocycles. The molecule has 0 spiro atoms. The van der Waals surface area contributed by atoms with Crippen molar-refractivity contribution in [1.29, 1.82) is 0 Å². The standard InChI is InChI=1S/C17H25F2N/c1-3-12-8-9-16(20-4-2)14(10-12)11-13-6-5-7-15(18)17(13)19/h5-7,12,14,16,20H,3-4,8-11H2,1-2H3. The lowest BCUT2D eigenvalue weighted by molar-refractivity contribution is 0.198. The van der Waals surface area contributed by atoms with Crippen molar-refractivity contribution < 1.29 is 8.78 Å². The lowest BCUT2D eigenvalue weighted by Gasteiger charge is -2.36. The molecule has 112 valence electrons. The molecule has 0 aliphatic heterocycles. The van der Waals surface area contributed by atoms with Gasteiger partial charge in [0.05, 0.1) is 0 Å². The quantitative estimate of drug-likeness (QED) is 0.848. The first kappa shape index (κ1) is 15.4. The van der Waals surface area contributed by atoms with Crippen LogP contribution in [0.4, 0.5) is 8.78 Å². The van der Waals surface area contributed by atoms with Crippen LogP contribution in [0.3, 0.4) is 0 Å². The SMILES string of the molecule is CCNC1CCC(CC)CC1Cc1cccc(F)c1F. The monoisotopic (exact) mass is 281 g/mol. The van der Waals surface area contributed by atoms with Crippen molar-refractivity contribution >= 4 is 0 Å². The van der Waals surface area contributed by atoms with E-state index in [1.54, 1.807) is 12.1 Å². The summed E-state index contributed by atoms with van der Waals surface area (Å²) in [5.74, 6) is -0.261. The summed E-state index contributed by atoms with van der Waals surface area (Å²) >= 11 is 0. The fourth-order valence-corrected chi connectivity index (χ4v) is 3.48. The van der Waals surface area contributed by atoms with Crippen LogP contribution in [0.1, 0.15) is 45.1 Å². The molecule has 1 N–H and O–H groups in total. The van der Waals surface area contributed by atoms with Crippen LogP contribution >= 0.6 is 0 Å². The first-order valence-electron chi connectivity index (χ1n) is 7.81. The van der Waals surface area contributed by atoms with Crippen LogP contribution in [0.2, 0.25) is 0 Å². The Bertz CT molecular complexity index is 433. The van der Waals surface area contributed by atoms with Crippen molar-refractivity contribution in [3.63, 3.8) is 0 Å². The maximum absolute atomic E-state index is 13.9. The summed E-state index contributed by atoms with van der Waals surface area (Å²) in [4.78, 5) is 0. The predicted molar refractivity (Wildman–Crippen MR) is 78.6 cm³/mol. The summed E-state index contributed by atoms with van der Waals surface area (Å²) in [6.45, 7) is 5.26. The van der Waals surface area contributed by atoms with Crippen molar-refractivity contribution in [2.24, 2.45) is 11.8 Å². The highest BCUT2D eigenvalue weighted by molar-refractivity contribution is 5.20. The highest BCUT2D eigenvalue weighted by atomic mass is 19.2. The lowest BCUT2D eigenvalue weighted by Crippen LogP contribution is -2.41. The molecule has 0 aromatic heterocycles. The number of hydrogen-bond acceptors (Lipinski definition) is 1. The van der Waals surface area contributed by atoms with E-state index in [1.807, 2.05) is 0 Å². The van der Waals surface area contributed by atoms with Gasteiger partial charge in [-0.2, -0.15) is 0 Å². The predicted octanol–water partition coefficient (Wildman–Crippen LogP) is 4.31. The van der Waals surface area contributed by atoms with Gasteiger partial charge in [0, 0.05) is 6.04 Å². The molecule has 2 rings (SSSR count). The van der Waals surface area contributed by atoms with Gasteiger partial charge in [0.2, 0.25) is 0 Å². The van der Waals surface area contributed by atoms with Crippen LogP contribution in [0.25, 0.3) is 0 Å².